The molecule has 30 heavy (non-hydrogen) atoms. The number of rotatable bonds is 5. The predicted octanol–water partition coefficient (Wildman–Crippen LogP) is 4.71. The number of aliphatic imine (C=N–C) groups is 1. The summed E-state index contributed by atoms with van der Waals surface area (Å²) >= 11 is 3.30. The molecule has 7 heteroatoms. The van der Waals surface area contributed by atoms with E-state index in [1.807, 2.05) is 30.3 Å². The van der Waals surface area contributed by atoms with Crippen LogP contribution in [-0.2, 0) is 0 Å². The smallest absolute Gasteiger partial charge is 0.178 e. The Balaban J connectivity index is 2.09. The van der Waals surface area contributed by atoms with E-state index in [1.54, 1.807) is 23.5 Å². The van der Waals surface area contributed by atoms with E-state index in [0.717, 1.165) is 54.0 Å². The van der Waals surface area contributed by atoms with Crippen LogP contribution in [0.5, 0.6) is 0 Å². The predicted molar refractivity (Wildman–Crippen MR) is 125 cm³/mol. The Kier molecular flexibility index (Phi) is 5.55. The summed E-state index contributed by atoms with van der Waals surface area (Å²) in [6.45, 7) is 4.16. The number of nitrogens with two attached hydrogens (primary N) is 1. The first kappa shape index (κ1) is 21.2. The molecule has 3 aliphatic rings. The molecular weight excluding hydrogens is 410 g/mol. The summed E-state index contributed by atoms with van der Waals surface area (Å²) in [5.74, 6) is 1.87. The standard InChI is InChI=1S/C23H27N5S2/c1-3-29-23(30-4-2)22(15-25)17-12-8-9-13-18(17)27-19(16-10-6-5-7-11-16)21(22,14-24)20(26)28-23/h5-7,10-11,19,27H,3-4,8-9,12-13H2,1-2H3,(H2,26,28)/t19-,21-,22-/m0/s1. The van der Waals surface area contributed by atoms with Crippen molar-refractivity contribution in [3.63, 3.8) is 0 Å². The molecule has 0 fully saturated rings. The summed E-state index contributed by atoms with van der Waals surface area (Å²) in [4.78, 5) is 5.00. The number of thioether (sulfide) groups is 2. The second kappa shape index (κ2) is 7.87. The quantitative estimate of drug-likeness (QED) is 0.647. The van der Waals surface area contributed by atoms with Crippen LogP contribution in [-0.4, -0.2) is 21.5 Å². The van der Waals surface area contributed by atoms with E-state index < -0.39 is 21.1 Å². The third kappa shape index (κ3) is 2.52. The number of amidine groups is 1. The van der Waals surface area contributed by atoms with Gasteiger partial charge in [0.25, 0.3) is 0 Å². The van der Waals surface area contributed by atoms with Crippen molar-refractivity contribution in [1.82, 2.24) is 5.32 Å². The highest BCUT2D eigenvalue weighted by Gasteiger charge is 2.77. The number of fused-ring (bicyclic) bond motifs is 2. The Labute approximate surface area is 187 Å². The van der Waals surface area contributed by atoms with Gasteiger partial charge in [-0.3, -0.25) is 0 Å². The van der Waals surface area contributed by atoms with Gasteiger partial charge in [-0.1, -0.05) is 44.2 Å². The molecule has 3 N–H and O–H groups in total. The van der Waals surface area contributed by atoms with Gasteiger partial charge in [0.2, 0.25) is 0 Å². The number of nitrogens with zero attached hydrogens (tertiary/aromatic N) is 3. The highest BCUT2D eigenvalue weighted by atomic mass is 32.2. The monoisotopic (exact) mass is 437 g/mol. The summed E-state index contributed by atoms with van der Waals surface area (Å²) in [6, 6.07) is 14.8. The average molecular weight is 438 g/mol. The number of allylic oxidation sites excluding steroid dienone is 1. The van der Waals surface area contributed by atoms with E-state index >= 15 is 0 Å². The third-order valence-corrected chi connectivity index (χ3v) is 9.43. The van der Waals surface area contributed by atoms with E-state index in [1.165, 1.54) is 0 Å². The van der Waals surface area contributed by atoms with Crippen molar-refractivity contribution in [3.05, 3.63) is 47.2 Å². The van der Waals surface area contributed by atoms with Crippen molar-refractivity contribution in [1.29, 1.82) is 10.5 Å². The molecule has 0 aromatic heterocycles. The van der Waals surface area contributed by atoms with E-state index in [-0.39, 0.29) is 5.84 Å². The minimum atomic E-state index is -1.26. The van der Waals surface area contributed by atoms with Crippen molar-refractivity contribution in [2.24, 2.45) is 21.6 Å². The summed E-state index contributed by atoms with van der Waals surface area (Å²) in [7, 11) is 0. The lowest BCUT2D eigenvalue weighted by atomic mass is 9.53. The van der Waals surface area contributed by atoms with Gasteiger partial charge in [0.15, 0.2) is 15.0 Å². The lowest BCUT2D eigenvalue weighted by Gasteiger charge is -2.54. The maximum absolute atomic E-state index is 10.9. The van der Waals surface area contributed by atoms with Gasteiger partial charge in [0, 0.05) is 5.70 Å². The molecule has 0 amide bonds. The third-order valence-electron chi connectivity index (χ3n) is 6.57. The van der Waals surface area contributed by atoms with Crippen LogP contribution in [0.15, 0.2) is 46.6 Å². The summed E-state index contributed by atoms with van der Waals surface area (Å²) in [5.41, 5.74) is 7.43. The molecule has 156 valence electrons. The highest BCUT2D eigenvalue weighted by molar-refractivity contribution is 8.18. The van der Waals surface area contributed by atoms with E-state index in [9.17, 15) is 10.5 Å². The van der Waals surface area contributed by atoms with Crippen molar-refractivity contribution in [3.8, 4) is 12.1 Å². The van der Waals surface area contributed by atoms with Crippen LogP contribution >= 0.6 is 23.5 Å². The van der Waals surface area contributed by atoms with Crippen molar-refractivity contribution in [2.45, 2.75) is 49.8 Å². The molecule has 4 rings (SSSR count). The zero-order valence-corrected chi connectivity index (χ0v) is 19.1. The van der Waals surface area contributed by atoms with E-state index in [2.05, 4.69) is 31.3 Å². The van der Waals surface area contributed by atoms with E-state index in [4.69, 9.17) is 10.7 Å². The molecule has 1 aromatic rings. The van der Waals surface area contributed by atoms with Crippen LogP contribution in [0, 0.1) is 33.5 Å². The number of hydrogen-bond donors (Lipinski definition) is 2. The Bertz CT molecular complexity index is 968. The molecule has 0 saturated heterocycles. The molecule has 1 aliphatic carbocycles. The molecule has 3 atom stereocenters. The van der Waals surface area contributed by atoms with Gasteiger partial charge in [-0.05, 0) is 48.3 Å². The number of nitriles is 2. The van der Waals surface area contributed by atoms with Gasteiger partial charge >= 0.3 is 0 Å². The second-order valence-electron chi connectivity index (χ2n) is 7.88. The first-order chi connectivity index (χ1) is 14.6. The van der Waals surface area contributed by atoms with Gasteiger partial charge in [0.05, 0.1) is 18.2 Å². The normalized spacial score (nSPS) is 31.6. The van der Waals surface area contributed by atoms with Crippen molar-refractivity contribution < 1.29 is 0 Å². The maximum Gasteiger partial charge on any atom is 0.178 e. The SMILES string of the molecule is CCSC1(SCC)N=C(N)[C@]2(C#N)[C@H](c3ccccc3)NC3=C(CCCC3)[C@]12C#N. The lowest BCUT2D eigenvalue weighted by Crippen LogP contribution is -2.62. The van der Waals surface area contributed by atoms with Crippen LogP contribution in [0.25, 0.3) is 0 Å². The van der Waals surface area contributed by atoms with Crippen molar-refractivity contribution >= 4 is 29.4 Å². The molecule has 0 bridgehead atoms. The number of nitrogens with one attached hydrogen (secondary N) is 1. The lowest BCUT2D eigenvalue weighted by molar-refractivity contribution is 0.185. The molecule has 2 heterocycles. The zero-order chi connectivity index (χ0) is 21.4. The fraction of sp³-hybridized carbons (Fsp3) is 0.522. The minimum absolute atomic E-state index is 0.284. The number of hydrogen-bond acceptors (Lipinski definition) is 7. The summed E-state index contributed by atoms with van der Waals surface area (Å²) < 4.78 is -0.821. The van der Waals surface area contributed by atoms with Crippen LogP contribution < -0.4 is 11.1 Å². The molecule has 1 aromatic carbocycles. The Morgan fingerprint density at radius 3 is 2.37 bits per heavy atom. The fourth-order valence-corrected chi connectivity index (χ4v) is 8.69. The molecular formula is C23H27N5S2. The molecule has 0 spiro atoms. The van der Waals surface area contributed by atoms with Crippen LogP contribution in [0.3, 0.4) is 0 Å². The Morgan fingerprint density at radius 2 is 1.77 bits per heavy atom. The first-order valence-electron chi connectivity index (χ1n) is 10.6. The molecule has 0 saturated carbocycles. The Hall–Kier alpha value is -2.09. The molecule has 0 radical (unpaired) electrons. The van der Waals surface area contributed by atoms with Gasteiger partial charge in [-0.2, -0.15) is 10.5 Å². The largest absolute Gasteiger partial charge is 0.386 e. The van der Waals surface area contributed by atoms with Crippen LogP contribution in [0.1, 0.15) is 51.1 Å². The molecule has 0 unspecified atom stereocenters. The number of benzene rings is 1. The minimum Gasteiger partial charge on any atom is -0.386 e. The fourth-order valence-electron chi connectivity index (χ4n) is 5.45. The highest BCUT2D eigenvalue weighted by Crippen LogP contribution is 2.72. The van der Waals surface area contributed by atoms with Crippen molar-refractivity contribution in [2.75, 3.05) is 11.5 Å². The maximum atomic E-state index is 10.9. The van der Waals surface area contributed by atoms with E-state index in [0.29, 0.717) is 0 Å². The average Bonchev–Trinajstić information content (AvgIpc) is 2.99. The second-order valence-corrected chi connectivity index (χ2v) is 11.1. The van der Waals surface area contributed by atoms with Gasteiger partial charge in [-0.15, -0.1) is 23.5 Å². The molecule has 2 aliphatic heterocycles. The zero-order valence-electron chi connectivity index (χ0n) is 17.4. The first-order valence-corrected chi connectivity index (χ1v) is 12.5. The summed E-state index contributed by atoms with van der Waals surface area (Å²) in [5, 5.41) is 25.4. The van der Waals surface area contributed by atoms with Crippen LogP contribution in [0.2, 0.25) is 0 Å². The van der Waals surface area contributed by atoms with Crippen LogP contribution in [0.4, 0.5) is 0 Å². The van der Waals surface area contributed by atoms with Gasteiger partial charge in [-0.25, -0.2) is 4.99 Å². The van der Waals surface area contributed by atoms with Gasteiger partial charge in [0.1, 0.15) is 5.84 Å². The molecule has 5 nitrogen and oxygen atoms in total. The Morgan fingerprint density at radius 1 is 1.10 bits per heavy atom. The van der Waals surface area contributed by atoms with Gasteiger partial charge < -0.3 is 11.1 Å². The topological polar surface area (TPSA) is 98.0 Å². The summed E-state index contributed by atoms with van der Waals surface area (Å²) in [6.07, 6.45) is 3.80.